The van der Waals surface area contributed by atoms with Gasteiger partial charge in [0.25, 0.3) is 0 Å². The second-order valence-electron chi connectivity index (χ2n) is 5.52. The van der Waals surface area contributed by atoms with Gasteiger partial charge < -0.3 is 10.7 Å². The molecule has 3 N–H and O–H groups in total. The van der Waals surface area contributed by atoms with Gasteiger partial charge >= 0.3 is 0 Å². The number of hydrogen-bond acceptors (Lipinski definition) is 2. The molecule has 4 heteroatoms. The number of nitrogens with two attached hydrogens (primary N) is 1. The summed E-state index contributed by atoms with van der Waals surface area (Å²) in [5.74, 6) is 0.246. The number of nitrogens with one attached hydrogen (secondary N) is 1. The topological polar surface area (TPSA) is 54.7 Å². The zero-order chi connectivity index (χ0) is 14.3. The number of H-pyrrole nitrogens is 1. The van der Waals surface area contributed by atoms with Crippen LogP contribution in [0.2, 0.25) is 0 Å². The van der Waals surface area contributed by atoms with Gasteiger partial charge in [0.15, 0.2) is 0 Å². The van der Waals surface area contributed by atoms with Crippen molar-refractivity contribution in [3.8, 4) is 11.4 Å². The summed E-state index contributed by atoms with van der Waals surface area (Å²) in [7, 11) is 0. The van der Waals surface area contributed by atoms with Crippen molar-refractivity contribution < 1.29 is 4.39 Å². The van der Waals surface area contributed by atoms with Crippen molar-refractivity contribution in [3.05, 3.63) is 53.8 Å². The van der Waals surface area contributed by atoms with Crippen LogP contribution in [0, 0.1) is 5.82 Å². The molecular weight excluding hydrogens is 253 g/mol. The second-order valence-corrected chi connectivity index (χ2v) is 5.52. The first kappa shape index (κ1) is 12.8. The Morgan fingerprint density at radius 3 is 2.60 bits per heavy atom. The van der Waals surface area contributed by atoms with Crippen LogP contribution in [0.4, 0.5) is 4.39 Å². The number of imidazole rings is 1. The molecule has 0 aliphatic carbocycles. The fourth-order valence-electron chi connectivity index (χ4n) is 2.19. The van der Waals surface area contributed by atoms with E-state index in [1.807, 2.05) is 32.0 Å². The molecule has 0 aliphatic heterocycles. The first-order valence-corrected chi connectivity index (χ1v) is 6.49. The van der Waals surface area contributed by atoms with Crippen LogP contribution in [0.25, 0.3) is 22.4 Å². The molecule has 0 saturated heterocycles. The van der Waals surface area contributed by atoms with Crippen LogP contribution in [0.15, 0.2) is 42.5 Å². The quantitative estimate of drug-likeness (QED) is 0.747. The van der Waals surface area contributed by atoms with Crippen molar-refractivity contribution in [2.45, 2.75) is 19.4 Å². The molecule has 2 aromatic carbocycles. The van der Waals surface area contributed by atoms with Crippen LogP contribution >= 0.6 is 0 Å². The first-order valence-electron chi connectivity index (χ1n) is 6.49. The highest BCUT2D eigenvalue weighted by atomic mass is 19.1. The predicted octanol–water partition coefficient (Wildman–Crippen LogP) is 3.56. The summed E-state index contributed by atoms with van der Waals surface area (Å²) in [6, 6.07) is 12.4. The third-order valence-corrected chi connectivity index (χ3v) is 3.35. The summed E-state index contributed by atoms with van der Waals surface area (Å²) in [5, 5.41) is 0. The number of nitrogens with zero attached hydrogens (tertiary/aromatic N) is 1. The van der Waals surface area contributed by atoms with Crippen LogP contribution in [-0.2, 0) is 5.54 Å². The largest absolute Gasteiger partial charge is 0.338 e. The number of halogens is 1. The van der Waals surface area contributed by atoms with E-state index in [4.69, 9.17) is 5.73 Å². The van der Waals surface area contributed by atoms with Crippen molar-refractivity contribution in [1.82, 2.24) is 9.97 Å². The van der Waals surface area contributed by atoms with Gasteiger partial charge in [-0.1, -0.05) is 18.2 Å². The average Bonchev–Trinajstić information content (AvgIpc) is 2.80. The smallest absolute Gasteiger partial charge is 0.141 e. The lowest BCUT2D eigenvalue weighted by Crippen LogP contribution is -2.28. The monoisotopic (exact) mass is 269 g/mol. The van der Waals surface area contributed by atoms with Crippen molar-refractivity contribution in [1.29, 1.82) is 0 Å². The summed E-state index contributed by atoms with van der Waals surface area (Å²) < 4.78 is 13.8. The van der Waals surface area contributed by atoms with Gasteiger partial charge in [0.2, 0.25) is 0 Å². The summed E-state index contributed by atoms with van der Waals surface area (Å²) in [6.45, 7) is 3.89. The molecule has 1 heterocycles. The SMILES string of the molecule is CC(C)(N)c1ccc2nc(-c3ccccc3F)[nH]c2c1. The molecule has 0 radical (unpaired) electrons. The number of aromatic nitrogens is 2. The molecule has 3 aromatic rings. The molecule has 0 spiro atoms. The maximum atomic E-state index is 13.8. The molecule has 0 unspecified atom stereocenters. The van der Waals surface area contributed by atoms with Crippen LogP contribution in [0.3, 0.4) is 0 Å². The number of fused-ring (bicyclic) bond motifs is 1. The standard InChI is InChI=1S/C16H16FN3/c1-16(2,18)10-7-8-13-14(9-10)20-15(19-13)11-5-3-4-6-12(11)17/h3-9H,18H2,1-2H3,(H,19,20). The molecule has 1 aromatic heterocycles. The Morgan fingerprint density at radius 2 is 1.90 bits per heavy atom. The van der Waals surface area contributed by atoms with Crippen LogP contribution in [0.1, 0.15) is 19.4 Å². The van der Waals surface area contributed by atoms with Gasteiger partial charge in [0.1, 0.15) is 11.6 Å². The summed E-state index contributed by atoms with van der Waals surface area (Å²) in [6.07, 6.45) is 0. The van der Waals surface area contributed by atoms with E-state index in [1.165, 1.54) is 6.07 Å². The van der Waals surface area contributed by atoms with Gasteiger partial charge in [-0.05, 0) is 43.7 Å². The minimum atomic E-state index is -0.419. The molecule has 20 heavy (non-hydrogen) atoms. The highest BCUT2D eigenvalue weighted by Gasteiger charge is 2.16. The zero-order valence-electron chi connectivity index (χ0n) is 11.4. The van der Waals surface area contributed by atoms with E-state index in [0.29, 0.717) is 11.4 Å². The van der Waals surface area contributed by atoms with Gasteiger partial charge in [0.05, 0.1) is 16.6 Å². The number of aromatic amines is 1. The molecular formula is C16H16FN3. The highest BCUT2D eigenvalue weighted by Crippen LogP contribution is 2.25. The van der Waals surface area contributed by atoms with Gasteiger partial charge in [-0.3, -0.25) is 0 Å². The maximum Gasteiger partial charge on any atom is 0.141 e. The normalized spacial score (nSPS) is 12.0. The summed E-state index contributed by atoms with van der Waals surface area (Å²) in [5.41, 5.74) is 8.82. The van der Waals surface area contributed by atoms with Gasteiger partial charge in [0, 0.05) is 5.54 Å². The summed E-state index contributed by atoms with van der Waals surface area (Å²) in [4.78, 5) is 7.59. The Hall–Kier alpha value is -2.20. The number of rotatable bonds is 2. The number of benzene rings is 2. The van der Waals surface area contributed by atoms with Crippen LogP contribution in [-0.4, -0.2) is 9.97 Å². The number of hydrogen-bond donors (Lipinski definition) is 2. The third-order valence-electron chi connectivity index (χ3n) is 3.35. The zero-order valence-corrected chi connectivity index (χ0v) is 11.4. The maximum absolute atomic E-state index is 13.8. The van der Waals surface area contributed by atoms with E-state index in [9.17, 15) is 4.39 Å². The Kier molecular flexibility index (Phi) is 2.83. The van der Waals surface area contributed by atoms with E-state index in [0.717, 1.165) is 16.6 Å². The predicted molar refractivity (Wildman–Crippen MR) is 78.7 cm³/mol. The molecule has 3 nitrogen and oxygen atoms in total. The van der Waals surface area contributed by atoms with E-state index in [-0.39, 0.29) is 5.82 Å². The fraction of sp³-hybridized carbons (Fsp3) is 0.188. The Balaban J connectivity index is 2.14. The lowest BCUT2D eigenvalue weighted by Gasteiger charge is -2.18. The minimum absolute atomic E-state index is 0.286. The molecule has 102 valence electrons. The fourth-order valence-corrected chi connectivity index (χ4v) is 2.19. The molecule has 0 bridgehead atoms. The molecule has 3 rings (SSSR count). The van der Waals surface area contributed by atoms with Crippen molar-refractivity contribution in [2.75, 3.05) is 0 Å². The van der Waals surface area contributed by atoms with Crippen molar-refractivity contribution in [3.63, 3.8) is 0 Å². The molecule has 0 atom stereocenters. The third kappa shape index (κ3) is 2.18. The Bertz CT molecular complexity index is 769. The lowest BCUT2D eigenvalue weighted by molar-refractivity contribution is 0.555. The summed E-state index contributed by atoms with van der Waals surface area (Å²) >= 11 is 0. The van der Waals surface area contributed by atoms with Gasteiger partial charge in [-0.25, -0.2) is 9.37 Å². The van der Waals surface area contributed by atoms with Crippen molar-refractivity contribution >= 4 is 11.0 Å². The Labute approximate surface area is 116 Å². The molecule has 0 aliphatic rings. The van der Waals surface area contributed by atoms with E-state index >= 15 is 0 Å². The molecule has 0 fully saturated rings. The van der Waals surface area contributed by atoms with E-state index in [2.05, 4.69) is 9.97 Å². The van der Waals surface area contributed by atoms with Gasteiger partial charge in [-0.15, -0.1) is 0 Å². The van der Waals surface area contributed by atoms with Gasteiger partial charge in [-0.2, -0.15) is 0 Å². The average molecular weight is 269 g/mol. The van der Waals surface area contributed by atoms with Crippen LogP contribution < -0.4 is 5.73 Å². The minimum Gasteiger partial charge on any atom is -0.338 e. The van der Waals surface area contributed by atoms with Crippen LogP contribution in [0.5, 0.6) is 0 Å². The molecule has 0 saturated carbocycles. The highest BCUT2D eigenvalue weighted by molar-refractivity contribution is 5.80. The molecule has 0 amide bonds. The Morgan fingerprint density at radius 1 is 1.15 bits per heavy atom. The first-order chi connectivity index (χ1) is 9.45. The lowest BCUT2D eigenvalue weighted by atomic mass is 9.95. The second kappa shape index (κ2) is 4.42. The van der Waals surface area contributed by atoms with E-state index in [1.54, 1.807) is 18.2 Å². The van der Waals surface area contributed by atoms with Crippen molar-refractivity contribution in [2.24, 2.45) is 5.73 Å². The van der Waals surface area contributed by atoms with E-state index < -0.39 is 5.54 Å².